The summed E-state index contributed by atoms with van der Waals surface area (Å²) in [6.07, 6.45) is 0.209. The molecule has 0 spiro atoms. The summed E-state index contributed by atoms with van der Waals surface area (Å²) >= 11 is 3.35. The quantitative estimate of drug-likeness (QED) is 0.123. The van der Waals surface area contributed by atoms with Gasteiger partial charge >= 0.3 is 11.7 Å². The zero-order chi connectivity index (χ0) is 26.9. The largest absolute Gasteiger partial charge is 0.493 e. The summed E-state index contributed by atoms with van der Waals surface area (Å²) in [5, 5.41) is 15.0. The number of ether oxygens (including phenoxy) is 4. The van der Waals surface area contributed by atoms with Crippen molar-refractivity contribution in [2.75, 3.05) is 14.2 Å². The summed E-state index contributed by atoms with van der Waals surface area (Å²) in [5.41, 5.74) is 2.66. The molecule has 3 rings (SSSR count). The molecule has 3 aromatic carbocycles. The van der Waals surface area contributed by atoms with Gasteiger partial charge in [0.25, 0.3) is 5.91 Å². The van der Waals surface area contributed by atoms with Gasteiger partial charge in [0.05, 0.1) is 30.9 Å². The molecule has 11 nitrogen and oxygen atoms in total. The molecule has 192 valence electrons. The summed E-state index contributed by atoms with van der Waals surface area (Å²) in [4.78, 5) is 35.7. The van der Waals surface area contributed by atoms with Crippen LogP contribution in [-0.2, 0) is 4.79 Å². The number of nitro groups is 1. The number of halogens is 1. The standard InChI is InChI=1S/C25H22BrN3O8/c1-15(36-21-7-5-4-6-19(21)29(32)33)24(30)28-27-14-17-12-18(26)9-11-20(17)37-25(31)16-8-10-22(34-2)23(13-16)35-3/h4-15H,1-3H3,(H,28,30)/b27-14+. The molecule has 12 heteroatoms. The van der Waals surface area contributed by atoms with Gasteiger partial charge in [-0.05, 0) is 49.4 Å². The van der Waals surface area contributed by atoms with Crippen molar-refractivity contribution in [3.05, 3.63) is 86.4 Å². The Balaban J connectivity index is 1.70. The highest BCUT2D eigenvalue weighted by Gasteiger charge is 2.20. The van der Waals surface area contributed by atoms with Crippen molar-refractivity contribution in [2.24, 2.45) is 5.10 Å². The van der Waals surface area contributed by atoms with E-state index in [-0.39, 0.29) is 22.7 Å². The van der Waals surface area contributed by atoms with Crippen LogP contribution in [0, 0.1) is 10.1 Å². The van der Waals surface area contributed by atoms with E-state index in [0.29, 0.717) is 21.5 Å². The predicted molar refractivity (Wildman–Crippen MR) is 138 cm³/mol. The molecule has 0 aliphatic carbocycles. The molecular weight excluding hydrogens is 550 g/mol. The van der Waals surface area contributed by atoms with Crippen LogP contribution < -0.4 is 24.4 Å². The van der Waals surface area contributed by atoms with E-state index in [4.69, 9.17) is 18.9 Å². The number of methoxy groups -OCH3 is 2. The number of hydrazone groups is 1. The fourth-order valence-corrected chi connectivity index (χ4v) is 3.42. The van der Waals surface area contributed by atoms with Crippen molar-refractivity contribution < 1.29 is 33.5 Å². The van der Waals surface area contributed by atoms with E-state index in [2.05, 4.69) is 26.5 Å². The van der Waals surface area contributed by atoms with Crippen molar-refractivity contribution in [1.82, 2.24) is 5.43 Å². The number of nitrogens with one attached hydrogen (secondary N) is 1. The SMILES string of the molecule is COc1ccc(C(=O)Oc2ccc(Br)cc2/C=N/NC(=O)C(C)Oc2ccccc2[N+](=O)[O-])cc1OC. The van der Waals surface area contributed by atoms with Gasteiger partial charge in [-0.15, -0.1) is 0 Å². The number of para-hydroxylation sites is 2. The Hall–Kier alpha value is -4.45. The van der Waals surface area contributed by atoms with Crippen molar-refractivity contribution in [3.8, 4) is 23.0 Å². The highest BCUT2D eigenvalue weighted by Crippen LogP contribution is 2.29. The Morgan fingerprint density at radius 2 is 1.70 bits per heavy atom. The van der Waals surface area contributed by atoms with Gasteiger partial charge in [-0.1, -0.05) is 28.1 Å². The van der Waals surface area contributed by atoms with E-state index in [9.17, 15) is 19.7 Å². The topological polar surface area (TPSA) is 139 Å². The number of rotatable bonds is 10. The molecule has 0 radical (unpaired) electrons. The van der Waals surface area contributed by atoms with E-state index in [1.807, 2.05) is 0 Å². The molecule has 1 atom stereocenters. The highest BCUT2D eigenvalue weighted by molar-refractivity contribution is 9.10. The number of carbonyl (C=O) groups excluding carboxylic acids is 2. The third-order valence-electron chi connectivity index (χ3n) is 4.91. The lowest BCUT2D eigenvalue weighted by Gasteiger charge is -2.13. The predicted octanol–water partition coefficient (Wildman–Crippen LogP) is 4.51. The van der Waals surface area contributed by atoms with Crippen LogP contribution in [0.5, 0.6) is 23.0 Å². The zero-order valence-electron chi connectivity index (χ0n) is 20.0. The molecule has 0 bridgehead atoms. The Kier molecular flexibility index (Phi) is 9.16. The number of benzene rings is 3. The van der Waals surface area contributed by atoms with E-state index in [1.54, 1.807) is 30.3 Å². The molecule has 0 aliphatic rings. The molecule has 3 aromatic rings. The number of esters is 1. The first-order valence-electron chi connectivity index (χ1n) is 10.7. The third-order valence-corrected chi connectivity index (χ3v) is 5.40. The zero-order valence-corrected chi connectivity index (χ0v) is 21.6. The lowest BCUT2D eigenvalue weighted by atomic mass is 10.2. The van der Waals surface area contributed by atoms with E-state index < -0.39 is 22.9 Å². The van der Waals surface area contributed by atoms with Gasteiger partial charge in [0.2, 0.25) is 0 Å². The van der Waals surface area contributed by atoms with Crippen molar-refractivity contribution in [2.45, 2.75) is 13.0 Å². The Morgan fingerprint density at radius 3 is 2.41 bits per heavy atom. The second kappa shape index (κ2) is 12.5. The van der Waals surface area contributed by atoms with Crippen LogP contribution in [0.3, 0.4) is 0 Å². The van der Waals surface area contributed by atoms with Crippen LogP contribution in [0.4, 0.5) is 5.69 Å². The first kappa shape index (κ1) is 27.1. The molecule has 37 heavy (non-hydrogen) atoms. The van der Waals surface area contributed by atoms with Gasteiger partial charge in [-0.3, -0.25) is 14.9 Å². The van der Waals surface area contributed by atoms with Crippen molar-refractivity contribution in [3.63, 3.8) is 0 Å². The molecule has 1 amide bonds. The highest BCUT2D eigenvalue weighted by atomic mass is 79.9. The summed E-state index contributed by atoms with van der Waals surface area (Å²) < 4.78 is 22.0. The minimum Gasteiger partial charge on any atom is -0.493 e. The molecule has 0 fully saturated rings. The molecule has 1 N–H and O–H groups in total. The maximum Gasteiger partial charge on any atom is 0.343 e. The summed E-state index contributed by atoms with van der Waals surface area (Å²) in [5.74, 6) is -0.317. The second-order valence-corrected chi connectivity index (χ2v) is 8.28. The minimum atomic E-state index is -1.08. The van der Waals surface area contributed by atoms with Crippen LogP contribution >= 0.6 is 15.9 Å². The average Bonchev–Trinajstić information content (AvgIpc) is 2.89. The lowest BCUT2D eigenvalue weighted by molar-refractivity contribution is -0.386. The molecule has 0 saturated heterocycles. The van der Waals surface area contributed by atoms with E-state index in [1.165, 1.54) is 57.7 Å². The van der Waals surface area contributed by atoms with Gasteiger partial charge < -0.3 is 18.9 Å². The fraction of sp³-hybridized carbons (Fsp3) is 0.160. The van der Waals surface area contributed by atoms with Crippen molar-refractivity contribution in [1.29, 1.82) is 0 Å². The van der Waals surface area contributed by atoms with Gasteiger partial charge in [0.15, 0.2) is 23.4 Å². The van der Waals surface area contributed by atoms with Gasteiger partial charge in [0.1, 0.15) is 5.75 Å². The molecule has 0 heterocycles. The Labute approximate surface area is 220 Å². The van der Waals surface area contributed by atoms with Crippen LogP contribution in [-0.4, -0.2) is 43.3 Å². The third kappa shape index (κ3) is 7.04. The number of nitro benzene ring substituents is 1. The maximum absolute atomic E-state index is 12.7. The summed E-state index contributed by atoms with van der Waals surface area (Å²) in [7, 11) is 2.94. The normalized spacial score (nSPS) is 11.5. The average molecular weight is 572 g/mol. The second-order valence-electron chi connectivity index (χ2n) is 7.36. The lowest BCUT2D eigenvalue weighted by Crippen LogP contribution is -2.33. The number of hydrogen-bond acceptors (Lipinski definition) is 9. The number of nitrogens with zero attached hydrogens (tertiary/aromatic N) is 2. The molecule has 1 unspecified atom stereocenters. The Bertz CT molecular complexity index is 1350. The summed E-state index contributed by atoms with van der Waals surface area (Å²) in [6.45, 7) is 1.43. The smallest absolute Gasteiger partial charge is 0.343 e. The molecule has 0 aliphatic heterocycles. The van der Waals surface area contributed by atoms with Crippen LogP contribution in [0.15, 0.2) is 70.2 Å². The monoisotopic (exact) mass is 571 g/mol. The van der Waals surface area contributed by atoms with Crippen LogP contribution in [0.25, 0.3) is 0 Å². The number of amides is 1. The summed E-state index contributed by atoms with van der Waals surface area (Å²) in [6, 6.07) is 15.2. The van der Waals surface area contributed by atoms with Gasteiger partial charge in [-0.25, -0.2) is 10.2 Å². The first-order valence-corrected chi connectivity index (χ1v) is 11.5. The van der Waals surface area contributed by atoms with Crippen LogP contribution in [0.2, 0.25) is 0 Å². The maximum atomic E-state index is 12.7. The van der Waals surface area contributed by atoms with Gasteiger partial charge in [-0.2, -0.15) is 5.10 Å². The minimum absolute atomic E-state index is 0.0459. The van der Waals surface area contributed by atoms with Crippen molar-refractivity contribution >= 4 is 39.7 Å². The van der Waals surface area contributed by atoms with Gasteiger partial charge in [0, 0.05) is 16.1 Å². The molecular formula is C25H22BrN3O8. The van der Waals surface area contributed by atoms with E-state index >= 15 is 0 Å². The molecule has 0 aromatic heterocycles. The fourth-order valence-electron chi connectivity index (χ4n) is 3.04. The number of hydrogen-bond donors (Lipinski definition) is 1. The Morgan fingerprint density at radius 1 is 1.00 bits per heavy atom. The number of carbonyl (C=O) groups is 2. The van der Waals surface area contributed by atoms with Crippen LogP contribution in [0.1, 0.15) is 22.8 Å². The van der Waals surface area contributed by atoms with E-state index in [0.717, 1.165) is 0 Å². The first-order chi connectivity index (χ1) is 17.7. The molecule has 0 saturated carbocycles.